The standard InChI is InChI=1S/C12H15ClF3NO2S/c1-3-11(2,8-13)17-9-4-6-10(7-5-9)20(18,19)12(14,15)16/h4-7,17H,3,8H2,1-2H3. The molecule has 3 nitrogen and oxygen atoms in total. The van der Waals surface area contributed by atoms with Crippen LogP contribution in [0, 0.1) is 0 Å². The maximum Gasteiger partial charge on any atom is 0.501 e. The van der Waals surface area contributed by atoms with Crippen molar-refractivity contribution in [1.29, 1.82) is 0 Å². The number of hydrogen-bond donors (Lipinski definition) is 1. The van der Waals surface area contributed by atoms with E-state index in [-0.39, 0.29) is 0 Å². The van der Waals surface area contributed by atoms with Crippen molar-refractivity contribution in [3.8, 4) is 0 Å². The number of rotatable bonds is 5. The molecule has 114 valence electrons. The minimum atomic E-state index is -5.30. The largest absolute Gasteiger partial charge is 0.501 e. The number of alkyl halides is 4. The van der Waals surface area contributed by atoms with Gasteiger partial charge in [-0.2, -0.15) is 13.2 Å². The zero-order chi connectivity index (χ0) is 15.6. The predicted molar refractivity (Wildman–Crippen MR) is 72.7 cm³/mol. The molecule has 0 fully saturated rings. The first-order valence-electron chi connectivity index (χ1n) is 5.81. The molecule has 0 spiro atoms. The van der Waals surface area contributed by atoms with Crippen LogP contribution in [0.15, 0.2) is 29.2 Å². The van der Waals surface area contributed by atoms with Gasteiger partial charge in [-0.3, -0.25) is 0 Å². The van der Waals surface area contributed by atoms with Crippen LogP contribution in [0.3, 0.4) is 0 Å². The molecule has 1 aromatic rings. The first-order chi connectivity index (χ1) is 9.05. The van der Waals surface area contributed by atoms with Crippen LogP contribution in [0.1, 0.15) is 20.3 Å². The lowest BCUT2D eigenvalue weighted by molar-refractivity contribution is -0.0436. The van der Waals surface area contributed by atoms with E-state index in [0.29, 0.717) is 18.0 Å². The lowest BCUT2D eigenvalue weighted by atomic mass is 10.0. The smallest absolute Gasteiger partial charge is 0.379 e. The van der Waals surface area contributed by atoms with E-state index >= 15 is 0 Å². The molecule has 0 saturated heterocycles. The maximum atomic E-state index is 12.4. The summed E-state index contributed by atoms with van der Waals surface area (Å²) in [4.78, 5) is -0.778. The van der Waals surface area contributed by atoms with Gasteiger partial charge in [0, 0.05) is 17.1 Å². The molecule has 0 radical (unpaired) electrons. The molecule has 0 aliphatic rings. The average molecular weight is 330 g/mol. The zero-order valence-electron chi connectivity index (χ0n) is 11.0. The van der Waals surface area contributed by atoms with Gasteiger partial charge in [-0.25, -0.2) is 8.42 Å². The van der Waals surface area contributed by atoms with Gasteiger partial charge in [0.2, 0.25) is 0 Å². The van der Waals surface area contributed by atoms with Gasteiger partial charge in [-0.15, -0.1) is 11.6 Å². The summed E-state index contributed by atoms with van der Waals surface area (Å²) in [6.45, 7) is 3.78. The highest BCUT2D eigenvalue weighted by molar-refractivity contribution is 7.92. The van der Waals surface area contributed by atoms with Gasteiger partial charge in [0.25, 0.3) is 9.84 Å². The van der Waals surface area contributed by atoms with Gasteiger partial charge in [-0.05, 0) is 37.6 Å². The number of halogens is 4. The summed E-state index contributed by atoms with van der Waals surface area (Å²) >= 11 is 5.82. The van der Waals surface area contributed by atoms with Crippen molar-refractivity contribution in [2.45, 2.75) is 36.2 Å². The van der Waals surface area contributed by atoms with E-state index in [2.05, 4.69) is 5.32 Å². The Morgan fingerprint density at radius 1 is 1.20 bits per heavy atom. The molecule has 0 heterocycles. The van der Waals surface area contributed by atoms with Gasteiger partial charge in [0.15, 0.2) is 0 Å². The molecule has 0 aliphatic heterocycles. The molecule has 0 saturated carbocycles. The van der Waals surface area contributed by atoms with Crippen LogP contribution in [-0.4, -0.2) is 25.3 Å². The van der Waals surface area contributed by atoms with E-state index < -0.39 is 25.8 Å². The molecule has 1 unspecified atom stereocenters. The fraction of sp³-hybridized carbons (Fsp3) is 0.500. The third kappa shape index (κ3) is 3.58. The van der Waals surface area contributed by atoms with E-state index in [0.717, 1.165) is 12.1 Å². The number of anilines is 1. The van der Waals surface area contributed by atoms with E-state index in [1.54, 1.807) is 0 Å². The summed E-state index contributed by atoms with van der Waals surface area (Å²) in [5, 5.41) is 3.06. The highest BCUT2D eigenvalue weighted by Gasteiger charge is 2.46. The van der Waals surface area contributed by atoms with Gasteiger partial charge in [-0.1, -0.05) is 6.92 Å². The van der Waals surface area contributed by atoms with Crippen LogP contribution in [0.4, 0.5) is 18.9 Å². The second-order valence-electron chi connectivity index (χ2n) is 4.65. The lowest BCUT2D eigenvalue weighted by Gasteiger charge is -2.28. The van der Waals surface area contributed by atoms with Crippen molar-refractivity contribution in [1.82, 2.24) is 0 Å². The minimum Gasteiger partial charge on any atom is -0.379 e. The van der Waals surface area contributed by atoms with E-state index in [1.807, 2.05) is 13.8 Å². The molecule has 1 atom stereocenters. The van der Waals surface area contributed by atoms with E-state index in [1.165, 1.54) is 12.1 Å². The summed E-state index contributed by atoms with van der Waals surface area (Å²) in [6.07, 6.45) is 0.707. The second-order valence-corrected chi connectivity index (χ2v) is 6.85. The molecule has 1 rings (SSSR count). The average Bonchev–Trinajstić information content (AvgIpc) is 2.38. The van der Waals surface area contributed by atoms with Crippen molar-refractivity contribution < 1.29 is 21.6 Å². The fourth-order valence-electron chi connectivity index (χ4n) is 1.42. The summed E-state index contributed by atoms with van der Waals surface area (Å²) in [7, 11) is -5.30. The number of benzene rings is 1. The normalized spacial score (nSPS) is 15.7. The first-order valence-corrected chi connectivity index (χ1v) is 7.83. The number of nitrogens with one attached hydrogen (secondary N) is 1. The topological polar surface area (TPSA) is 46.2 Å². The Balaban J connectivity index is 3.02. The van der Waals surface area contributed by atoms with Crippen molar-refractivity contribution in [3.63, 3.8) is 0 Å². The summed E-state index contributed by atoms with van der Waals surface area (Å²) in [5.74, 6) is 0.312. The summed E-state index contributed by atoms with van der Waals surface area (Å²) in [6, 6.07) is 4.43. The third-order valence-corrected chi connectivity index (χ3v) is 5.08. The van der Waals surface area contributed by atoms with Crippen molar-refractivity contribution in [2.24, 2.45) is 0 Å². The predicted octanol–water partition coefficient (Wildman–Crippen LogP) is 3.80. The van der Waals surface area contributed by atoms with E-state index in [9.17, 15) is 21.6 Å². The molecular formula is C12H15ClF3NO2S. The third-order valence-electron chi connectivity index (χ3n) is 2.99. The molecule has 0 aromatic heterocycles. The Hall–Kier alpha value is -0.950. The van der Waals surface area contributed by atoms with E-state index in [4.69, 9.17) is 11.6 Å². The van der Waals surface area contributed by atoms with Crippen LogP contribution in [0.2, 0.25) is 0 Å². The molecule has 20 heavy (non-hydrogen) atoms. The number of hydrogen-bond acceptors (Lipinski definition) is 3. The van der Waals surface area contributed by atoms with Gasteiger partial charge in [0.05, 0.1) is 4.90 Å². The molecule has 0 amide bonds. The Morgan fingerprint density at radius 3 is 2.05 bits per heavy atom. The Labute approximate surface area is 121 Å². The molecule has 1 aromatic carbocycles. The van der Waals surface area contributed by atoms with Crippen molar-refractivity contribution in [2.75, 3.05) is 11.2 Å². The Bertz CT molecular complexity index is 551. The molecule has 1 N–H and O–H groups in total. The van der Waals surface area contributed by atoms with Crippen LogP contribution in [0.25, 0.3) is 0 Å². The van der Waals surface area contributed by atoms with Crippen molar-refractivity contribution >= 4 is 27.1 Å². The van der Waals surface area contributed by atoms with Crippen LogP contribution in [-0.2, 0) is 9.84 Å². The second kappa shape index (κ2) is 5.81. The highest BCUT2D eigenvalue weighted by atomic mass is 35.5. The summed E-state index contributed by atoms with van der Waals surface area (Å²) in [5.41, 5.74) is -5.20. The van der Waals surface area contributed by atoms with Crippen LogP contribution < -0.4 is 5.32 Å². The SMILES string of the molecule is CCC(C)(CCl)Nc1ccc(S(=O)(=O)C(F)(F)F)cc1. The summed E-state index contributed by atoms with van der Waals surface area (Å²) < 4.78 is 59.5. The van der Waals surface area contributed by atoms with Crippen molar-refractivity contribution in [3.05, 3.63) is 24.3 Å². The van der Waals surface area contributed by atoms with Gasteiger partial charge in [0.1, 0.15) is 0 Å². The highest BCUT2D eigenvalue weighted by Crippen LogP contribution is 2.31. The fourth-order valence-corrected chi connectivity index (χ4v) is 2.43. The molecule has 0 aliphatic carbocycles. The van der Waals surface area contributed by atoms with Gasteiger partial charge < -0.3 is 5.32 Å². The minimum absolute atomic E-state index is 0.312. The Morgan fingerprint density at radius 2 is 1.70 bits per heavy atom. The van der Waals surface area contributed by atoms with Crippen LogP contribution >= 0.6 is 11.6 Å². The maximum absolute atomic E-state index is 12.4. The van der Waals surface area contributed by atoms with Crippen LogP contribution in [0.5, 0.6) is 0 Å². The lowest BCUT2D eigenvalue weighted by Crippen LogP contribution is -2.35. The molecular weight excluding hydrogens is 315 g/mol. The number of sulfone groups is 1. The monoisotopic (exact) mass is 329 g/mol. The Kier molecular flexibility index (Phi) is 4.97. The zero-order valence-corrected chi connectivity index (χ0v) is 12.5. The molecule has 0 bridgehead atoms. The first kappa shape index (κ1) is 17.1. The van der Waals surface area contributed by atoms with Gasteiger partial charge >= 0.3 is 5.51 Å². The molecule has 8 heteroatoms. The quantitative estimate of drug-likeness (QED) is 0.836.